The number of rotatable bonds is 7. The van der Waals surface area contributed by atoms with E-state index in [4.69, 9.17) is 9.47 Å². The quantitative estimate of drug-likeness (QED) is 0.560. The van der Waals surface area contributed by atoms with Crippen molar-refractivity contribution in [1.29, 1.82) is 0 Å². The summed E-state index contributed by atoms with van der Waals surface area (Å²) in [4.78, 5) is 35.7. The molecule has 1 heterocycles. The molecule has 0 radical (unpaired) electrons. The van der Waals surface area contributed by atoms with Gasteiger partial charge in [-0.05, 0) is 24.8 Å². The normalized spacial score (nSPS) is 16.1. The van der Waals surface area contributed by atoms with Gasteiger partial charge in [0.1, 0.15) is 12.9 Å². The average Bonchev–Trinajstić information content (AvgIpc) is 2.64. The van der Waals surface area contributed by atoms with Gasteiger partial charge in [-0.15, -0.1) is 0 Å². The Balaban J connectivity index is 1.85. The second-order valence-electron chi connectivity index (χ2n) is 6.51. The van der Waals surface area contributed by atoms with E-state index in [1.807, 2.05) is 30.3 Å². The second kappa shape index (κ2) is 9.20. The highest BCUT2D eigenvalue weighted by molar-refractivity contribution is 5.68. The molecule has 1 aliphatic rings. The van der Waals surface area contributed by atoms with Crippen LogP contribution in [-0.2, 0) is 25.7 Å². The molecule has 25 heavy (non-hydrogen) atoms. The van der Waals surface area contributed by atoms with Crippen molar-refractivity contribution < 1.29 is 23.9 Å². The van der Waals surface area contributed by atoms with E-state index in [1.165, 1.54) is 6.92 Å². The molecule has 0 aliphatic carbocycles. The maximum Gasteiger partial charge on any atom is 0.410 e. The third kappa shape index (κ3) is 5.89. The maximum absolute atomic E-state index is 12.2. The monoisotopic (exact) mass is 347 g/mol. The van der Waals surface area contributed by atoms with Crippen LogP contribution >= 0.6 is 0 Å². The summed E-state index contributed by atoms with van der Waals surface area (Å²) < 4.78 is 10.6. The number of ether oxygens (including phenoxy) is 2. The van der Waals surface area contributed by atoms with E-state index < -0.39 is 0 Å². The molecule has 1 aliphatic heterocycles. The second-order valence-corrected chi connectivity index (χ2v) is 6.51. The molecule has 0 unspecified atom stereocenters. The lowest BCUT2D eigenvalue weighted by atomic mass is 9.75. The molecule has 0 saturated carbocycles. The highest BCUT2D eigenvalue weighted by Gasteiger charge is 2.37. The van der Waals surface area contributed by atoms with Crippen molar-refractivity contribution >= 4 is 18.3 Å². The fraction of sp³-hybridized carbons (Fsp3) is 0.526. The largest absolute Gasteiger partial charge is 0.465 e. The van der Waals surface area contributed by atoms with E-state index in [0.29, 0.717) is 45.4 Å². The van der Waals surface area contributed by atoms with Crippen LogP contribution in [0.3, 0.4) is 0 Å². The fourth-order valence-electron chi connectivity index (χ4n) is 3.06. The van der Waals surface area contributed by atoms with E-state index in [9.17, 15) is 14.4 Å². The van der Waals surface area contributed by atoms with Gasteiger partial charge in [0.2, 0.25) is 0 Å². The number of amides is 1. The number of carbonyl (C=O) groups is 3. The molecule has 0 bridgehead atoms. The predicted octanol–water partition coefficient (Wildman–Crippen LogP) is 2.95. The van der Waals surface area contributed by atoms with Gasteiger partial charge in [-0.25, -0.2) is 4.79 Å². The number of nitrogens with zero attached hydrogens (tertiary/aromatic N) is 1. The van der Waals surface area contributed by atoms with Crippen molar-refractivity contribution in [2.75, 3.05) is 19.7 Å². The minimum Gasteiger partial charge on any atom is -0.465 e. The summed E-state index contributed by atoms with van der Waals surface area (Å²) >= 11 is 0. The van der Waals surface area contributed by atoms with Gasteiger partial charge < -0.3 is 19.2 Å². The molecular weight excluding hydrogens is 322 g/mol. The summed E-state index contributed by atoms with van der Waals surface area (Å²) in [5.74, 6) is -0.324. The molecule has 1 saturated heterocycles. The molecule has 6 nitrogen and oxygen atoms in total. The number of benzene rings is 1. The van der Waals surface area contributed by atoms with Crippen LogP contribution in [-0.4, -0.2) is 42.9 Å². The van der Waals surface area contributed by atoms with Gasteiger partial charge in [-0.3, -0.25) is 4.79 Å². The van der Waals surface area contributed by atoms with Gasteiger partial charge in [0.25, 0.3) is 0 Å². The van der Waals surface area contributed by atoms with Crippen LogP contribution in [0.2, 0.25) is 0 Å². The Hall–Kier alpha value is -2.37. The molecule has 0 spiro atoms. The molecule has 1 fully saturated rings. The average molecular weight is 347 g/mol. The van der Waals surface area contributed by atoms with E-state index in [2.05, 4.69) is 0 Å². The first kappa shape index (κ1) is 19.0. The van der Waals surface area contributed by atoms with Crippen molar-refractivity contribution in [3.63, 3.8) is 0 Å². The highest BCUT2D eigenvalue weighted by atomic mass is 16.6. The van der Waals surface area contributed by atoms with Crippen LogP contribution in [0.15, 0.2) is 30.3 Å². The van der Waals surface area contributed by atoms with Gasteiger partial charge in [-0.1, -0.05) is 30.3 Å². The molecule has 6 heteroatoms. The van der Waals surface area contributed by atoms with Gasteiger partial charge in [0.05, 0.1) is 6.61 Å². The van der Waals surface area contributed by atoms with Crippen molar-refractivity contribution in [3.8, 4) is 0 Å². The lowest BCUT2D eigenvalue weighted by Crippen LogP contribution is -2.45. The molecule has 0 atom stereocenters. The van der Waals surface area contributed by atoms with E-state index in [-0.39, 0.29) is 24.1 Å². The lowest BCUT2D eigenvalue weighted by Gasteiger charge is -2.40. The van der Waals surface area contributed by atoms with Crippen LogP contribution in [0.4, 0.5) is 4.79 Å². The van der Waals surface area contributed by atoms with Crippen molar-refractivity contribution in [1.82, 2.24) is 4.90 Å². The number of piperidine rings is 1. The Morgan fingerprint density at radius 2 is 1.84 bits per heavy atom. The van der Waals surface area contributed by atoms with Crippen molar-refractivity contribution in [2.45, 2.75) is 39.2 Å². The van der Waals surface area contributed by atoms with Crippen molar-refractivity contribution in [2.24, 2.45) is 5.41 Å². The molecular formula is C19H25NO5. The minimum absolute atomic E-state index is 0.233. The predicted molar refractivity (Wildman–Crippen MR) is 91.8 cm³/mol. The van der Waals surface area contributed by atoms with Gasteiger partial charge >= 0.3 is 12.1 Å². The Labute approximate surface area is 148 Å². The third-order valence-corrected chi connectivity index (χ3v) is 4.66. The molecule has 1 aromatic carbocycles. The summed E-state index contributed by atoms with van der Waals surface area (Å²) in [5.41, 5.74) is 0.714. The molecule has 0 N–H and O–H groups in total. The molecule has 1 aromatic rings. The third-order valence-electron chi connectivity index (χ3n) is 4.66. The number of likely N-dealkylation sites (tertiary alicyclic amines) is 1. The van der Waals surface area contributed by atoms with E-state index in [0.717, 1.165) is 11.8 Å². The zero-order valence-electron chi connectivity index (χ0n) is 14.6. The Kier molecular flexibility index (Phi) is 6.98. The number of hydrogen-bond acceptors (Lipinski definition) is 5. The van der Waals surface area contributed by atoms with Crippen molar-refractivity contribution in [3.05, 3.63) is 35.9 Å². The Morgan fingerprint density at radius 3 is 2.44 bits per heavy atom. The molecule has 0 aromatic heterocycles. The van der Waals surface area contributed by atoms with Crippen LogP contribution < -0.4 is 0 Å². The Morgan fingerprint density at radius 1 is 1.16 bits per heavy atom. The standard InChI is InChI=1S/C19H25NO5/c1-16(22)25-15-19(8-5-13-21)9-11-20(12-10-19)18(23)24-14-17-6-3-2-4-7-17/h2-4,6-7,13H,5,8-12,14-15H2,1H3. The van der Waals surface area contributed by atoms with Crippen LogP contribution in [0, 0.1) is 5.41 Å². The molecule has 136 valence electrons. The highest BCUT2D eigenvalue weighted by Crippen LogP contribution is 2.36. The fourth-order valence-corrected chi connectivity index (χ4v) is 3.06. The molecule has 1 amide bonds. The number of hydrogen-bond donors (Lipinski definition) is 0. The number of esters is 1. The SMILES string of the molecule is CC(=O)OCC1(CCC=O)CCN(C(=O)OCc2ccccc2)CC1. The zero-order valence-corrected chi connectivity index (χ0v) is 14.6. The number of carbonyl (C=O) groups excluding carboxylic acids is 3. The van der Waals surface area contributed by atoms with Crippen LogP contribution in [0.25, 0.3) is 0 Å². The van der Waals surface area contributed by atoms with Gasteiger partial charge in [0, 0.05) is 31.8 Å². The first-order chi connectivity index (χ1) is 12.0. The Bertz CT molecular complexity index is 579. The summed E-state index contributed by atoms with van der Waals surface area (Å²) in [6.45, 7) is 2.99. The minimum atomic E-state index is -0.333. The maximum atomic E-state index is 12.2. The summed E-state index contributed by atoms with van der Waals surface area (Å²) in [6.07, 6.45) is 3.02. The summed E-state index contributed by atoms with van der Waals surface area (Å²) in [5, 5.41) is 0. The zero-order chi connectivity index (χ0) is 18.1. The number of aldehydes is 1. The lowest BCUT2D eigenvalue weighted by molar-refractivity contribution is -0.146. The topological polar surface area (TPSA) is 72.9 Å². The smallest absolute Gasteiger partial charge is 0.410 e. The molecule has 2 rings (SSSR count). The van der Waals surface area contributed by atoms with Gasteiger partial charge in [0.15, 0.2) is 0 Å². The van der Waals surface area contributed by atoms with E-state index in [1.54, 1.807) is 4.90 Å². The van der Waals surface area contributed by atoms with Crippen LogP contribution in [0.1, 0.15) is 38.2 Å². The van der Waals surface area contributed by atoms with E-state index >= 15 is 0 Å². The first-order valence-electron chi connectivity index (χ1n) is 8.57. The first-order valence-corrected chi connectivity index (χ1v) is 8.57. The summed E-state index contributed by atoms with van der Waals surface area (Å²) in [7, 11) is 0. The van der Waals surface area contributed by atoms with Gasteiger partial charge in [-0.2, -0.15) is 0 Å². The van der Waals surface area contributed by atoms with Crippen LogP contribution in [0.5, 0.6) is 0 Å². The summed E-state index contributed by atoms with van der Waals surface area (Å²) in [6, 6.07) is 9.54.